The Morgan fingerprint density at radius 1 is 1.04 bits per heavy atom. The van der Waals surface area contributed by atoms with Crippen molar-refractivity contribution in [2.45, 2.75) is 13.8 Å². The standard InChI is InChI=1S/C20H17N5OS2/c1-12-8-9-21-16(10-12)24-19-23-15(11-27-19)17-13(2)22-20(28-17)25-18(26)14-6-4-3-5-7-14/h3-11H,1-2H3,(H,21,23,24)(H,22,25,26). The van der Waals surface area contributed by atoms with Crippen molar-refractivity contribution in [2.24, 2.45) is 0 Å². The maximum Gasteiger partial charge on any atom is 0.257 e. The van der Waals surface area contributed by atoms with Crippen molar-refractivity contribution in [3.8, 4) is 10.6 Å². The quantitative estimate of drug-likeness (QED) is 0.471. The van der Waals surface area contributed by atoms with Gasteiger partial charge in [0.2, 0.25) is 0 Å². The Bertz CT molecular complexity index is 1120. The molecule has 0 saturated heterocycles. The first-order valence-corrected chi connectivity index (χ1v) is 10.3. The highest BCUT2D eigenvalue weighted by Crippen LogP contribution is 2.35. The molecule has 0 spiro atoms. The first-order chi connectivity index (χ1) is 13.6. The van der Waals surface area contributed by atoms with Gasteiger partial charge in [-0.3, -0.25) is 10.1 Å². The Kier molecular flexibility index (Phi) is 5.14. The van der Waals surface area contributed by atoms with E-state index in [1.54, 1.807) is 18.3 Å². The van der Waals surface area contributed by atoms with Gasteiger partial charge in [0.25, 0.3) is 5.91 Å². The Hall–Kier alpha value is -3.10. The third-order valence-corrected chi connectivity index (χ3v) is 5.79. The fourth-order valence-corrected chi connectivity index (χ4v) is 4.30. The third-order valence-electron chi connectivity index (χ3n) is 3.94. The number of carbonyl (C=O) groups is 1. The van der Waals surface area contributed by atoms with Gasteiger partial charge in [-0.15, -0.1) is 11.3 Å². The average molecular weight is 408 g/mol. The molecule has 3 heterocycles. The molecule has 140 valence electrons. The van der Waals surface area contributed by atoms with Gasteiger partial charge < -0.3 is 5.32 Å². The van der Waals surface area contributed by atoms with Gasteiger partial charge in [0.1, 0.15) is 5.82 Å². The van der Waals surface area contributed by atoms with Crippen LogP contribution in [0.3, 0.4) is 0 Å². The smallest absolute Gasteiger partial charge is 0.257 e. The summed E-state index contributed by atoms with van der Waals surface area (Å²) in [6.07, 6.45) is 1.77. The van der Waals surface area contributed by atoms with E-state index < -0.39 is 0 Å². The fourth-order valence-electron chi connectivity index (χ4n) is 2.60. The van der Waals surface area contributed by atoms with Crippen molar-refractivity contribution in [3.05, 3.63) is 70.9 Å². The predicted octanol–water partition coefficient (Wildman–Crippen LogP) is 5.27. The van der Waals surface area contributed by atoms with Crippen LogP contribution in [0.2, 0.25) is 0 Å². The summed E-state index contributed by atoms with van der Waals surface area (Å²) in [6.45, 7) is 3.94. The summed E-state index contributed by atoms with van der Waals surface area (Å²) in [5, 5.41) is 9.38. The topological polar surface area (TPSA) is 79.8 Å². The van der Waals surface area contributed by atoms with Crippen LogP contribution in [0, 0.1) is 13.8 Å². The number of anilines is 3. The summed E-state index contributed by atoms with van der Waals surface area (Å²) in [5.41, 5.74) is 3.39. The molecule has 0 radical (unpaired) electrons. The summed E-state index contributed by atoms with van der Waals surface area (Å²) in [6, 6.07) is 13.0. The number of benzene rings is 1. The highest BCUT2D eigenvalue weighted by Gasteiger charge is 2.15. The molecular weight excluding hydrogens is 390 g/mol. The lowest BCUT2D eigenvalue weighted by Gasteiger charge is -2.01. The van der Waals surface area contributed by atoms with Crippen LogP contribution in [0.1, 0.15) is 21.6 Å². The van der Waals surface area contributed by atoms with Crippen LogP contribution in [0.25, 0.3) is 10.6 Å². The second kappa shape index (κ2) is 7.87. The summed E-state index contributed by atoms with van der Waals surface area (Å²) in [7, 11) is 0. The van der Waals surface area contributed by atoms with E-state index in [-0.39, 0.29) is 5.91 Å². The van der Waals surface area contributed by atoms with E-state index >= 15 is 0 Å². The number of rotatable bonds is 5. The molecule has 0 bridgehead atoms. The van der Waals surface area contributed by atoms with E-state index in [2.05, 4.69) is 25.6 Å². The van der Waals surface area contributed by atoms with E-state index in [1.165, 1.54) is 22.7 Å². The Morgan fingerprint density at radius 3 is 2.64 bits per heavy atom. The maximum atomic E-state index is 12.3. The molecular formula is C20H17N5OS2. The molecule has 0 unspecified atom stereocenters. The molecule has 8 heteroatoms. The summed E-state index contributed by atoms with van der Waals surface area (Å²) in [4.78, 5) is 26.7. The lowest BCUT2D eigenvalue weighted by molar-refractivity contribution is 0.102. The summed E-state index contributed by atoms with van der Waals surface area (Å²) >= 11 is 2.92. The Labute approximate surface area is 170 Å². The first-order valence-electron chi connectivity index (χ1n) is 8.58. The van der Waals surface area contributed by atoms with Gasteiger partial charge >= 0.3 is 0 Å². The monoisotopic (exact) mass is 407 g/mol. The summed E-state index contributed by atoms with van der Waals surface area (Å²) in [5.74, 6) is 0.588. The largest absolute Gasteiger partial charge is 0.316 e. The van der Waals surface area contributed by atoms with E-state index in [4.69, 9.17) is 0 Å². The number of pyridine rings is 1. The zero-order valence-corrected chi connectivity index (χ0v) is 16.9. The molecule has 4 rings (SSSR count). The molecule has 0 fully saturated rings. The van der Waals surface area contributed by atoms with Crippen LogP contribution in [-0.4, -0.2) is 20.9 Å². The molecule has 6 nitrogen and oxygen atoms in total. The van der Waals surface area contributed by atoms with Crippen LogP contribution >= 0.6 is 22.7 Å². The number of aromatic nitrogens is 3. The first kappa shape index (κ1) is 18.3. The minimum absolute atomic E-state index is 0.174. The number of carbonyl (C=O) groups excluding carboxylic acids is 1. The zero-order valence-electron chi connectivity index (χ0n) is 15.3. The highest BCUT2D eigenvalue weighted by atomic mass is 32.1. The van der Waals surface area contributed by atoms with Gasteiger partial charge in [-0.2, -0.15) is 0 Å². The molecule has 0 aliphatic rings. The molecule has 2 N–H and O–H groups in total. The van der Waals surface area contributed by atoms with Crippen LogP contribution in [0.5, 0.6) is 0 Å². The van der Waals surface area contributed by atoms with Gasteiger partial charge in [-0.25, -0.2) is 15.0 Å². The summed E-state index contributed by atoms with van der Waals surface area (Å²) < 4.78 is 0. The molecule has 28 heavy (non-hydrogen) atoms. The highest BCUT2D eigenvalue weighted by molar-refractivity contribution is 7.20. The maximum absolute atomic E-state index is 12.3. The Balaban J connectivity index is 1.51. The van der Waals surface area contributed by atoms with Gasteiger partial charge in [0.15, 0.2) is 10.3 Å². The van der Waals surface area contributed by atoms with E-state index in [1.807, 2.05) is 49.6 Å². The normalized spacial score (nSPS) is 10.6. The second-order valence-electron chi connectivity index (χ2n) is 6.14. The molecule has 4 aromatic rings. The molecule has 0 atom stereocenters. The molecule has 3 aromatic heterocycles. The molecule has 1 amide bonds. The van der Waals surface area contributed by atoms with Gasteiger partial charge in [0, 0.05) is 17.1 Å². The average Bonchev–Trinajstić information content (AvgIpc) is 3.28. The van der Waals surface area contributed by atoms with Crippen molar-refractivity contribution >= 4 is 44.7 Å². The predicted molar refractivity (Wildman–Crippen MR) is 115 cm³/mol. The number of hydrogen-bond acceptors (Lipinski definition) is 7. The van der Waals surface area contributed by atoms with Crippen LogP contribution in [0.15, 0.2) is 54.0 Å². The van der Waals surface area contributed by atoms with Crippen molar-refractivity contribution < 1.29 is 4.79 Å². The van der Waals surface area contributed by atoms with Crippen molar-refractivity contribution in [1.29, 1.82) is 0 Å². The molecule has 0 saturated carbocycles. The van der Waals surface area contributed by atoms with Crippen molar-refractivity contribution in [1.82, 2.24) is 15.0 Å². The third kappa shape index (κ3) is 4.08. The lowest BCUT2D eigenvalue weighted by atomic mass is 10.2. The SMILES string of the molecule is Cc1ccnc(Nc2nc(-c3sc(NC(=O)c4ccccc4)nc3C)cs2)c1. The second-order valence-corrected chi connectivity index (χ2v) is 7.99. The van der Waals surface area contributed by atoms with Gasteiger partial charge in [0.05, 0.1) is 16.3 Å². The molecule has 0 aliphatic heterocycles. The zero-order chi connectivity index (χ0) is 19.5. The number of amides is 1. The number of hydrogen-bond donors (Lipinski definition) is 2. The number of nitrogens with one attached hydrogen (secondary N) is 2. The van der Waals surface area contributed by atoms with Crippen molar-refractivity contribution in [3.63, 3.8) is 0 Å². The molecule has 1 aromatic carbocycles. The number of aryl methyl sites for hydroxylation is 2. The minimum Gasteiger partial charge on any atom is -0.316 e. The van der Waals surface area contributed by atoms with Crippen LogP contribution in [-0.2, 0) is 0 Å². The van der Waals surface area contributed by atoms with Crippen LogP contribution in [0.4, 0.5) is 16.1 Å². The van der Waals surface area contributed by atoms with Crippen LogP contribution < -0.4 is 10.6 Å². The minimum atomic E-state index is -0.174. The number of thiazole rings is 2. The van der Waals surface area contributed by atoms with E-state index in [0.29, 0.717) is 10.7 Å². The molecule has 0 aliphatic carbocycles. The Morgan fingerprint density at radius 2 is 1.86 bits per heavy atom. The van der Waals surface area contributed by atoms with E-state index in [9.17, 15) is 4.79 Å². The van der Waals surface area contributed by atoms with Gasteiger partial charge in [-0.1, -0.05) is 29.5 Å². The van der Waals surface area contributed by atoms with Gasteiger partial charge in [-0.05, 0) is 43.7 Å². The van der Waals surface area contributed by atoms with Crippen molar-refractivity contribution in [2.75, 3.05) is 10.6 Å². The number of nitrogens with zero attached hydrogens (tertiary/aromatic N) is 3. The lowest BCUT2D eigenvalue weighted by Crippen LogP contribution is -2.11. The van der Waals surface area contributed by atoms with E-state index in [0.717, 1.165) is 32.8 Å². The fraction of sp³-hybridized carbons (Fsp3) is 0.100.